The van der Waals surface area contributed by atoms with Crippen LogP contribution in [0.15, 0.2) is 30.5 Å². The van der Waals surface area contributed by atoms with Crippen LogP contribution in [0.25, 0.3) is 0 Å². The van der Waals surface area contributed by atoms with Gasteiger partial charge < -0.3 is 5.32 Å². The second kappa shape index (κ2) is 7.61. The molecule has 0 aliphatic carbocycles. The van der Waals surface area contributed by atoms with Crippen molar-refractivity contribution in [3.8, 4) is 0 Å². The molecule has 8 heteroatoms. The first-order valence-electron chi connectivity index (χ1n) is 9.32. The van der Waals surface area contributed by atoms with Crippen molar-refractivity contribution in [2.24, 2.45) is 0 Å². The summed E-state index contributed by atoms with van der Waals surface area (Å²) >= 11 is 0. The smallest absolute Gasteiger partial charge is 0.218 e. The van der Waals surface area contributed by atoms with Crippen molar-refractivity contribution >= 4 is 10.0 Å². The monoisotopic (exact) mass is 390 g/mol. The van der Waals surface area contributed by atoms with Crippen LogP contribution in [-0.4, -0.2) is 35.8 Å². The predicted molar refractivity (Wildman–Crippen MR) is 99.8 cm³/mol. The average Bonchev–Trinajstić information content (AvgIpc) is 2.67. The van der Waals surface area contributed by atoms with Crippen molar-refractivity contribution in [2.45, 2.75) is 44.0 Å². The van der Waals surface area contributed by atoms with Gasteiger partial charge >= 0.3 is 0 Å². The number of nitrogens with zero attached hydrogens (tertiary/aromatic N) is 3. The molecule has 1 saturated heterocycles. The zero-order valence-electron chi connectivity index (χ0n) is 15.1. The molecule has 144 valence electrons. The van der Waals surface area contributed by atoms with Crippen LogP contribution in [0.1, 0.15) is 47.9 Å². The summed E-state index contributed by atoms with van der Waals surface area (Å²) < 4.78 is 41.1. The molecule has 0 radical (unpaired) electrons. The predicted octanol–water partition coefficient (Wildman–Crippen LogP) is 2.32. The number of hydrogen-bond acceptors (Lipinski definition) is 5. The highest BCUT2D eigenvalue weighted by Crippen LogP contribution is 2.33. The minimum atomic E-state index is -3.60. The van der Waals surface area contributed by atoms with E-state index in [4.69, 9.17) is 4.98 Å². The Bertz CT molecular complexity index is 935. The topological polar surface area (TPSA) is 75.2 Å². The van der Waals surface area contributed by atoms with Crippen LogP contribution in [0.3, 0.4) is 0 Å². The highest BCUT2D eigenvalue weighted by atomic mass is 32.2. The Kier molecular flexibility index (Phi) is 5.21. The van der Waals surface area contributed by atoms with Crippen molar-refractivity contribution in [1.82, 2.24) is 19.6 Å². The van der Waals surface area contributed by atoms with Crippen molar-refractivity contribution in [3.63, 3.8) is 0 Å². The van der Waals surface area contributed by atoms with Crippen LogP contribution in [0, 0.1) is 5.82 Å². The molecular weight excluding hydrogens is 367 g/mol. The molecule has 1 fully saturated rings. The minimum Gasteiger partial charge on any atom is -0.312 e. The number of rotatable bonds is 4. The Morgan fingerprint density at radius 3 is 3.04 bits per heavy atom. The number of benzene rings is 1. The summed E-state index contributed by atoms with van der Waals surface area (Å²) in [6.45, 7) is 2.07. The fraction of sp³-hybridized carbons (Fsp3) is 0.474. The molecule has 0 saturated carbocycles. The van der Waals surface area contributed by atoms with Crippen LogP contribution < -0.4 is 5.32 Å². The number of halogens is 1. The zero-order chi connectivity index (χ0) is 18.9. The lowest BCUT2D eigenvalue weighted by Gasteiger charge is -2.34. The Hall–Kier alpha value is -1.90. The summed E-state index contributed by atoms with van der Waals surface area (Å²) in [5.41, 5.74) is 2.54. The maximum Gasteiger partial charge on any atom is 0.218 e. The standard InChI is InChI=1S/C19H23FN4O2S/c20-16-5-3-4-14(10-16)13-27(25,26)24-9-2-1-6-18(24)19-22-12-15-11-21-8-7-17(15)23-19/h3-5,10,12,18,21H,1-2,6-9,11,13H2. The molecule has 0 spiro atoms. The third kappa shape index (κ3) is 4.02. The highest BCUT2D eigenvalue weighted by Gasteiger charge is 2.35. The summed E-state index contributed by atoms with van der Waals surface area (Å²) in [4.78, 5) is 9.19. The second-order valence-electron chi connectivity index (χ2n) is 7.14. The molecule has 2 aliphatic rings. The number of piperidine rings is 1. The molecule has 27 heavy (non-hydrogen) atoms. The van der Waals surface area contributed by atoms with Gasteiger partial charge in [0, 0.05) is 43.5 Å². The maximum atomic E-state index is 13.5. The molecular formula is C19H23FN4O2S. The van der Waals surface area contributed by atoms with Crippen molar-refractivity contribution in [2.75, 3.05) is 13.1 Å². The molecule has 3 heterocycles. The molecule has 1 aromatic carbocycles. The van der Waals surface area contributed by atoms with Gasteiger partial charge in [-0.25, -0.2) is 22.8 Å². The summed E-state index contributed by atoms with van der Waals surface area (Å²) in [6, 6.07) is 5.42. The van der Waals surface area contributed by atoms with Gasteiger partial charge in [-0.3, -0.25) is 0 Å². The van der Waals surface area contributed by atoms with Gasteiger partial charge in [-0.1, -0.05) is 18.6 Å². The second-order valence-corrected chi connectivity index (χ2v) is 9.06. The first kappa shape index (κ1) is 18.5. The fourth-order valence-corrected chi connectivity index (χ4v) is 5.59. The Balaban J connectivity index is 1.62. The van der Waals surface area contributed by atoms with E-state index in [0.717, 1.165) is 43.6 Å². The van der Waals surface area contributed by atoms with E-state index >= 15 is 0 Å². The molecule has 2 aliphatic heterocycles. The van der Waals surface area contributed by atoms with E-state index in [0.29, 0.717) is 24.4 Å². The van der Waals surface area contributed by atoms with E-state index in [1.165, 1.54) is 22.5 Å². The van der Waals surface area contributed by atoms with E-state index in [-0.39, 0.29) is 11.8 Å². The molecule has 1 unspecified atom stereocenters. The van der Waals surface area contributed by atoms with Gasteiger partial charge in [-0.05, 0) is 30.5 Å². The van der Waals surface area contributed by atoms with E-state index < -0.39 is 15.8 Å². The summed E-state index contributed by atoms with van der Waals surface area (Å²) in [5, 5.41) is 3.29. The normalized spacial score (nSPS) is 21.0. The third-order valence-electron chi connectivity index (χ3n) is 5.17. The van der Waals surface area contributed by atoms with Gasteiger partial charge in [0.2, 0.25) is 10.0 Å². The largest absolute Gasteiger partial charge is 0.312 e. The first-order valence-corrected chi connectivity index (χ1v) is 10.9. The van der Waals surface area contributed by atoms with Gasteiger partial charge in [-0.2, -0.15) is 4.31 Å². The molecule has 4 rings (SSSR count). The summed E-state index contributed by atoms with van der Waals surface area (Å²) in [7, 11) is -3.60. The Morgan fingerprint density at radius 2 is 2.19 bits per heavy atom. The average molecular weight is 390 g/mol. The lowest BCUT2D eigenvalue weighted by Crippen LogP contribution is -2.40. The van der Waals surface area contributed by atoms with Crippen LogP contribution in [0.4, 0.5) is 4.39 Å². The number of nitrogens with one attached hydrogen (secondary N) is 1. The Labute approximate surface area is 158 Å². The fourth-order valence-electron chi connectivity index (χ4n) is 3.83. The summed E-state index contributed by atoms with van der Waals surface area (Å²) in [6.07, 6.45) is 5.11. The molecule has 1 aromatic heterocycles. The molecule has 0 bridgehead atoms. The number of hydrogen-bond donors (Lipinski definition) is 1. The van der Waals surface area contributed by atoms with Crippen LogP contribution in [0.2, 0.25) is 0 Å². The van der Waals surface area contributed by atoms with Crippen LogP contribution in [-0.2, 0) is 28.7 Å². The van der Waals surface area contributed by atoms with Gasteiger partial charge in [0.15, 0.2) is 0 Å². The van der Waals surface area contributed by atoms with Gasteiger partial charge in [0.1, 0.15) is 11.6 Å². The molecule has 0 amide bonds. The van der Waals surface area contributed by atoms with E-state index in [9.17, 15) is 12.8 Å². The third-order valence-corrected chi connectivity index (χ3v) is 7.02. The first-order chi connectivity index (χ1) is 13.0. The van der Waals surface area contributed by atoms with Gasteiger partial charge in [0.05, 0.1) is 11.8 Å². The van der Waals surface area contributed by atoms with Crippen molar-refractivity contribution < 1.29 is 12.8 Å². The minimum absolute atomic E-state index is 0.212. The van der Waals surface area contributed by atoms with Crippen LogP contribution >= 0.6 is 0 Å². The Morgan fingerprint density at radius 1 is 1.30 bits per heavy atom. The zero-order valence-corrected chi connectivity index (χ0v) is 15.9. The van der Waals surface area contributed by atoms with Gasteiger partial charge in [0.25, 0.3) is 0 Å². The summed E-state index contributed by atoms with van der Waals surface area (Å²) in [5.74, 6) is -0.0569. The molecule has 1 N–H and O–H groups in total. The van der Waals surface area contributed by atoms with Crippen LogP contribution in [0.5, 0.6) is 0 Å². The number of fused-ring (bicyclic) bond motifs is 1. The molecule has 2 aromatic rings. The van der Waals surface area contributed by atoms with E-state index in [1.54, 1.807) is 6.07 Å². The van der Waals surface area contributed by atoms with Crippen molar-refractivity contribution in [1.29, 1.82) is 0 Å². The lowest BCUT2D eigenvalue weighted by molar-refractivity contribution is 0.245. The number of sulfonamides is 1. The lowest BCUT2D eigenvalue weighted by atomic mass is 10.0. The molecule has 6 nitrogen and oxygen atoms in total. The highest BCUT2D eigenvalue weighted by molar-refractivity contribution is 7.88. The molecule has 1 atom stereocenters. The number of aromatic nitrogens is 2. The van der Waals surface area contributed by atoms with E-state index in [1.807, 2.05) is 6.20 Å². The van der Waals surface area contributed by atoms with E-state index in [2.05, 4.69) is 10.3 Å². The SMILES string of the molecule is O=S(=O)(Cc1cccc(F)c1)N1CCCCC1c1ncc2c(n1)CCNC2. The quantitative estimate of drug-likeness (QED) is 0.867. The maximum absolute atomic E-state index is 13.5. The van der Waals surface area contributed by atoms with Gasteiger partial charge in [-0.15, -0.1) is 0 Å². The van der Waals surface area contributed by atoms with Crippen molar-refractivity contribution in [3.05, 3.63) is 58.9 Å².